The van der Waals surface area contributed by atoms with Gasteiger partial charge >= 0.3 is 0 Å². The van der Waals surface area contributed by atoms with E-state index in [2.05, 4.69) is 15.6 Å². The van der Waals surface area contributed by atoms with Crippen molar-refractivity contribution < 1.29 is 4.74 Å². The van der Waals surface area contributed by atoms with Gasteiger partial charge in [-0.05, 0) is 43.4 Å². The quantitative estimate of drug-likeness (QED) is 0.841. The van der Waals surface area contributed by atoms with Gasteiger partial charge in [0.15, 0.2) is 5.11 Å². The molecule has 1 aromatic heterocycles. The highest BCUT2D eigenvalue weighted by atomic mass is 32.1. The maximum absolute atomic E-state index is 5.25. The Morgan fingerprint density at radius 1 is 1.11 bits per heavy atom. The molecule has 5 heteroatoms. The number of pyridine rings is 1. The van der Waals surface area contributed by atoms with E-state index in [0.717, 1.165) is 17.1 Å². The third-order valence-electron chi connectivity index (χ3n) is 2.49. The molecule has 0 saturated carbocycles. The predicted octanol–water partition coefficient (Wildman–Crippen LogP) is 3.21. The molecule has 2 aromatic rings. The maximum atomic E-state index is 5.25. The van der Waals surface area contributed by atoms with Crippen LogP contribution in [0.4, 0.5) is 11.5 Å². The maximum Gasteiger partial charge on any atom is 0.176 e. The van der Waals surface area contributed by atoms with Crippen LogP contribution in [0.1, 0.15) is 5.69 Å². The number of aryl methyl sites for hydroxylation is 1. The van der Waals surface area contributed by atoms with Gasteiger partial charge in [0.25, 0.3) is 0 Å². The van der Waals surface area contributed by atoms with E-state index in [1.807, 2.05) is 49.4 Å². The minimum absolute atomic E-state index is 0.475. The molecule has 4 nitrogen and oxygen atoms in total. The highest BCUT2D eigenvalue weighted by Crippen LogP contribution is 2.23. The number of hydrogen-bond acceptors (Lipinski definition) is 3. The molecule has 98 valence electrons. The monoisotopic (exact) mass is 273 g/mol. The third-order valence-corrected chi connectivity index (χ3v) is 2.69. The molecule has 0 atom stereocenters. The molecule has 1 heterocycles. The van der Waals surface area contributed by atoms with Crippen molar-refractivity contribution in [3.05, 3.63) is 48.2 Å². The van der Waals surface area contributed by atoms with Crippen molar-refractivity contribution in [3.63, 3.8) is 0 Å². The third kappa shape index (κ3) is 3.66. The lowest BCUT2D eigenvalue weighted by atomic mass is 10.3. The van der Waals surface area contributed by atoms with Gasteiger partial charge in [-0.25, -0.2) is 4.98 Å². The molecule has 0 spiro atoms. The highest BCUT2D eigenvalue weighted by Gasteiger charge is 2.04. The summed E-state index contributed by atoms with van der Waals surface area (Å²) in [4.78, 5) is 4.33. The minimum atomic E-state index is 0.475. The van der Waals surface area contributed by atoms with Crippen LogP contribution < -0.4 is 15.4 Å². The molecule has 0 aliphatic rings. The van der Waals surface area contributed by atoms with Crippen LogP contribution in [0.2, 0.25) is 0 Å². The van der Waals surface area contributed by atoms with E-state index < -0.39 is 0 Å². The van der Waals surface area contributed by atoms with Crippen LogP contribution in [-0.2, 0) is 0 Å². The second-order valence-corrected chi connectivity index (χ2v) is 4.35. The molecular weight excluding hydrogens is 258 g/mol. The number of anilines is 2. The number of nitrogens with one attached hydrogen (secondary N) is 2. The fourth-order valence-electron chi connectivity index (χ4n) is 1.63. The molecule has 0 saturated heterocycles. The number of ether oxygens (including phenoxy) is 1. The van der Waals surface area contributed by atoms with Crippen molar-refractivity contribution in [1.29, 1.82) is 0 Å². The van der Waals surface area contributed by atoms with E-state index in [9.17, 15) is 0 Å². The summed E-state index contributed by atoms with van der Waals surface area (Å²) in [7, 11) is 1.62. The number of benzene rings is 1. The zero-order chi connectivity index (χ0) is 13.7. The minimum Gasteiger partial charge on any atom is -0.495 e. The van der Waals surface area contributed by atoms with Crippen molar-refractivity contribution in [2.45, 2.75) is 6.92 Å². The Bertz CT molecular complexity index is 586. The molecule has 0 fully saturated rings. The SMILES string of the molecule is COc1ccccc1NC(=S)Nc1cccc(C)n1. The molecule has 2 N–H and O–H groups in total. The summed E-state index contributed by atoms with van der Waals surface area (Å²) in [6.45, 7) is 1.93. The van der Waals surface area contributed by atoms with Gasteiger partial charge in [-0.1, -0.05) is 18.2 Å². The summed E-state index contributed by atoms with van der Waals surface area (Å²) in [6.07, 6.45) is 0. The molecule has 2 rings (SSSR count). The summed E-state index contributed by atoms with van der Waals surface area (Å²) in [5.41, 5.74) is 1.75. The van der Waals surface area contributed by atoms with Gasteiger partial charge in [0, 0.05) is 5.69 Å². The summed E-state index contributed by atoms with van der Waals surface area (Å²) in [5, 5.41) is 6.60. The standard InChI is InChI=1S/C14H15N3OS/c1-10-6-5-9-13(15-10)17-14(19)16-11-7-3-4-8-12(11)18-2/h3-9H,1-2H3,(H2,15,16,17,19). The zero-order valence-corrected chi connectivity index (χ0v) is 11.6. The molecule has 19 heavy (non-hydrogen) atoms. The summed E-state index contributed by atoms with van der Waals surface area (Å²) in [5.74, 6) is 1.45. The van der Waals surface area contributed by atoms with Crippen LogP contribution in [-0.4, -0.2) is 17.2 Å². The summed E-state index contributed by atoms with van der Waals surface area (Å²) < 4.78 is 5.25. The van der Waals surface area contributed by atoms with Crippen LogP contribution in [0.3, 0.4) is 0 Å². The van der Waals surface area contributed by atoms with Gasteiger partial charge in [0.05, 0.1) is 12.8 Å². The molecule has 0 aliphatic carbocycles. The van der Waals surface area contributed by atoms with Crippen molar-refractivity contribution in [1.82, 2.24) is 4.98 Å². The number of methoxy groups -OCH3 is 1. The van der Waals surface area contributed by atoms with E-state index in [1.54, 1.807) is 7.11 Å². The van der Waals surface area contributed by atoms with Gasteiger partial charge in [0.2, 0.25) is 0 Å². The molecule has 0 bridgehead atoms. The lowest BCUT2D eigenvalue weighted by molar-refractivity contribution is 0.417. The molecular formula is C14H15N3OS. The second kappa shape index (κ2) is 6.15. The number of hydrogen-bond donors (Lipinski definition) is 2. The van der Waals surface area contributed by atoms with Gasteiger partial charge < -0.3 is 15.4 Å². The number of nitrogens with zero attached hydrogens (tertiary/aromatic N) is 1. The Hall–Kier alpha value is -2.14. The average molecular weight is 273 g/mol. The van der Waals surface area contributed by atoms with E-state index in [0.29, 0.717) is 10.9 Å². The average Bonchev–Trinajstić information content (AvgIpc) is 2.39. The first-order valence-electron chi connectivity index (χ1n) is 5.84. The van der Waals surface area contributed by atoms with Crippen LogP contribution in [0.5, 0.6) is 5.75 Å². The number of para-hydroxylation sites is 2. The lowest BCUT2D eigenvalue weighted by Crippen LogP contribution is -2.20. The molecule has 1 aromatic carbocycles. The van der Waals surface area contributed by atoms with E-state index in [1.165, 1.54) is 0 Å². The van der Waals surface area contributed by atoms with Gasteiger partial charge in [-0.3, -0.25) is 0 Å². The normalized spacial score (nSPS) is 9.79. The Labute approximate surface area is 117 Å². The van der Waals surface area contributed by atoms with Crippen LogP contribution in [0.15, 0.2) is 42.5 Å². The Morgan fingerprint density at radius 2 is 1.89 bits per heavy atom. The Kier molecular flexibility index (Phi) is 4.30. The van der Waals surface area contributed by atoms with E-state index in [-0.39, 0.29) is 0 Å². The van der Waals surface area contributed by atoms with Crippen LogP contribution in [0.25, 0.3) is 0 Å². The fourth-order valence-corrected chi connectivity index (χ4v) is 1.84. The van der Waals surface area contributed by atoms with Crippen molar-refractivity contribution in [3.8, 4) is 5.75 Å². The fraction of sp³-hybridized carbons (Fsp3) is 0.143. The molecule has 0 radical (unpaired) electrons. The Morgan fingerprint density at radius 3 is 2.63 bits per heavy atom. The molecule has 0 aliphatic heterocycles. The molecule has 0 unspecified atom stereocenters. The first-order chi connectivity index (χ1) is 9.19. The summed E-state index contributed by atoms with van der Waals surface area (Å²) in [6, 6.07) is 13.3. The van der Waals surface area contributed by atoms with Gasteiger partial charge in [-0.15, -0.1) is 0 Å². The number of aromatic nitrogens is 1. The Balaban J connectivity index is 2.05. The van der Waals surface area contributed by atoms with Crippen molar-refractivity contribution in [2.24, 2.45) is 0 Å². The van der Waals surface area contributed by atoms with Crippen LogP contribution in [0, 0.1) is 6.92 Å². The highest BCUT2D eigenvalue weighted by molar-refractivity contribution is 7.80. The van der Waals surface area contributed by atoms with E-state index in [4.69, 9.17) is 17.0 Å². The number of rotatable bonds is 3. The summed E-state index contributed by atoms with van der Waals surface area (Å²) >= 11 is 5.25. The first-order valence-corrected chi connectivity index (χ1v) is 6.24. The lowest BCUT2D eigenvalue weighted by Gasteiger charge is -2.12. The largest absolute Gasteiger partial charge is 0.495 e. The van der Waals surface area contributed by atoms with Gasteiger partial charge in [0.1, 0.15) is 11.6 Å². The smallest absolute Gasteiger partial charge is 0.176 e. The zero-order valence-electron chi connectivity index (χ0n) is 10.8. The number of thiocarbonyl (C=S) groups is 1. The van der Waals surface area contributed by atoms with Crippen molar-refractivity contribution in [2.75, 3.05) is 17.7 Å². The first kappa shape index (κ1) is 13.3. The second-order valence-electron chi connectivity index (χ2n) is 3.94. The van der Waals surface area contributed by atoms with Crippen LogP contribution >= 0.6 is 12.2 Å². The van der Waals surface area contributed by atoms with Gasteiger partial charge in [-0.2, -0.15) is 0 Å². The topological polar surface area (TPSA) is 46.2 Å². The van der Waals surface area contributed by atoms with Crippen molar-refractivity contribution >= 4 is 28.8 Å². The predicted molar refractivity (Wildman–Crippen MR) is 81.8 cm³/mol. The van der Waals surface area contributed by atoms with E-state index >= 15 is 0 Å². The molecule has 0 amide bonds.